The maximum atomic E-state index is 4.25. The van der Waals surface area contributed by atoms with Crippen molar-refractivity contribution in [2.24, 2.45) is 7.05 Å². The van der Waals surface area contributed by atoms with Crippen LogP contribution in [0.5, 0.6) is 0 Å². The van der Waals surface area contributed by atoms with Crippen LogP contribution >= 0.6 is 0 Å². The molecule has 2 heterocycles. The highest BCUT2D eigenvalue weighted by atomic mass is 15.3. The van der Waals surface area contributed by atoms with Crippen LogP contribution < -0.4 is 4.68 Å². The van der Waals surface area contributed by atoms with Gasteiger partial charge in [0.25, 0.3) is 5.52 Å². The summed E-state index contributed by atoms with van der Waals surface area (Å²) < 4.78 is 1.95. The number of pyridine rings is 1. The number of H-pyrrole nitrogens is 1. The zero-order chi connectivity index (χ0) is 7.84. The van der Waals surface area contributed by atoms with Gasteiger partial charge in [0.1, 0.15) is 0 Å². The highest BCUT2D eigenvalue weighted by Crippen LogP contribution is 2.05. The van der Waals surface area contributed by atoms with E-state index in [0.717, 1.165) is 11.0 Å². The van der Waals surface area contributed by atoms with E-state index in [4.69, 9.17) is 0 Å². The average Bonchev–Trinajstić information content (AvgIpc) is 2.33. The predicted molar refractivity (Wildman–Crippen MR) is 42.0 cm³/mol. The zero-order valence-electron chi connectivity index (χ0n) is 6.63. The molecule has 0 unspecified atom stereocenters. The van der Waals surface area contributed by atoms with E-state index in [2.05, 4.69) is 16.1 Å². The number of nitrogens with zero attached hydrogens (tertiary/aromatic N) is 2. The summed E-state index contributed by atoms with van der Waals surface area (Å²) in [5.74, 6) is 0. The Kier molecular flexibility index (Phi) is 1.18. The second kappa shape index (κ2) is 2.05. The molecule has 1 N–H and O–H groups in total. The van der Waals surface area contributed by atoms with Gasteiger partial charge >= 0.3 is 0 Å². The van der Waals surface area contributed by atoms with Gasteiger partial charge in [-0.15, -0.1) is 4.68 Å². The number of nitrogens with one attached hydrogen (secondary N) is 1. The average molecular weight is 148 g/mol. The Bertz CT molecular complexity index is 389. The van der Waals surface area contributed by atoms with Crippen molar-refractivity contribution >= 4 is 11.0 Å². The van der Waals surface area contributed by atoms with Gasteiger partial charge in [0.2, 0.25) is 0 Å². The number of hydrogen-bond donors (Lipinski definition) is 1. The van der Waals surface area contributed by atoms with E-state index in [1.54, 1.807) is 0 Å². The molecule has 0 bridgehead atoms. The molecule has 3 heteroatoms. The standard InChI is InChI=1S/C8H9N3/c1-6-3-8-7(9-4-6)5-10-11(8)2/h3-5H,1-2H3/p+1. The summed E-state index contributed by atoms with van der Waals surface area (Å²) in [4.78, 5) is 4.25. The van der Waals surface area contributed by atoms with Gasteiger partial charge < -0.3 is 0 Å². The molecule has 0 atom stereocenters. The van der Waals surface area contributed by atoms with Gasteiger partial charge in [-0.1, -0.05) is 0 Å². The third kappa shape index (κ3) is 0.888. The molecule has 2 aromatic heterocycles. The van der Waals surface area contributed by atoms with Crippen molar-refractivity contribution in [1.82, 2.24) is 10.1 Å². The minimum atomic E-state index is 1.01. The third-order valence-electron chi connectivity index (χ3n) is 1.79. The first-order valence-corrected chi connectivity index (χ1v) is 3.57. The first kappa shape index (κ1) is 6.34. The van der Waals surface area contributed by atoms with Crippen LogP contribution in [0.2, 0.25) is 0 Å². The van der Waals surface area contributed by atoms with Gasteiger partial charge in [-0.2, -0.15) is 5.10 Å². The third-order valence-corrected chi connectivity index (χ3v) is 1.79. The molecular weight excluding hydrogens is 138 g/mol. The maximum absolute atomic E-state index is 4.25. The highest BCUT2D eigenvalue weighted by molar-refractivity contribution is 5.69. The fourth-order valence-electron chi connectivity index (χ4n) is 1.17. The minimum Gasteiger partial charge on any atom is -0.248 e. The topological polar surface area (TPSA) is 32.6 Å². The maximum Gasteiger partial charge on any atom is 0.256 e. The lowest BCUT2D eigenvalue weighted by molar-refractivity contribution is -0.702. The van der Waals surface area contributed by atoms with Crippen molar-refractivity contribution < 1.29 is 4.68 Å². The Morgan fingerprint density at radius 3 is 3.18 bits per heavy atom. The largest absolute Gasteiger partial charge is 0.256 e. The molecule has 0 fully saturated rings. The quantitative estimate of drug-likeness (QED) is 0.548. The Balaban J connectivity index is 2.87. The molecule has 56 valence electrons. The Morgan fingerprint density at radius 1 is 1.55 bits per heavy atom. The van der Waals surface area contributed by atoms with Crippen LogP contribution in [0.4, 0.5) is 0 Å². The molecule has 0 aliphatic carbocycles. The van der Waals surface area contributed by atoms with Crippen molar-refractivity contribution in [3.8, 4) is 0 Å². The molecule has 0 radical (unpaired) electrons. The van der Waals surface area contributed by atoms with Gasteiger partial charge in [0.05, 0.1) is 6.20 Å². The Hall–Kier alpha value is -1.38. The molecule has 11 heavy (non-hydrogen) atoms. The van der Waals surface area contributed by atoms with Crippen LogP contribution in [0.1, 0.15) is 5.56 Å². The summed E-state index contributed by atoms with van der Waals surface area (Å²) in [6, 6.07) is 2.11. The smallest absolute Gasteiger partial charge is 0.248 e. The second-order valence-electron chi connectivity index (χ2n) is 2.75. The Labute approximate surface area is 64.7 Å². The summed E-state index contributed by atoms with van der Waals surface area (Å²) in [6.45, 7) is 2.04. The molecule has 2 aromatic rings. The van der Waals surface area contributed by atoms with Gasteiger partial charge in [-0.3, -0.25) is 0 Å². The fourth-order valence-corrected chi connectivity index (χ4v) is 1.17. The lowest BCUT2D eigenvalue weighted by atomic mass is 10.3. The van der Waals surface area contributed by atoms with Gasteiger partial charge in [-0.05, 0) is 12.5 Å². The van der Waals surface area contributed by atoms with Crippen LogP contribution in [0, 0.1) is 6.92 Å². The van der Waals surface area contributed by atoms with Gasteiger partial charge in [-0.25, -0.2) is 4.98 Å². The monoisotopic (exact) mass is 148 g/mol. The van der Waals surface area contributed by atoms with E-state index in [0.29, 0.717) is 0 Å². The Morgan fingerprint density at radius 2 is 2.36 bits per heavy atom. The first-order valence-electron chi connectivity index (χ1n) is 3.57. The second-order valence-corrected chi connectivity index (χ2v) is 2.75. The van der Waals surface area contributed by atoms with E-state index in [-0.39, 0.29) is 0 Å². The summed E-state index contributed by atoms with van der Waals surface area (Å²) in [6.07, 6.45) is 3.77. The van der Waals surface area contributed by atoms with Crippen molar-refractivity contribution in [2.45, 2.75) is 6.92 Å². The minimum absolute atomic E-state index is 1.01. The predicted octanol–water partition coefficient (Wildman–Crippen LogP) is 0.696. The molecule has 0 saturated carbocycles. The first-order chi connectivity index (χ1) is 5.27. The van der Waals surface area contributed by atoms with Crippen molar-refractivity contribution in [1.29, 1.82) is 0 Å². The van der Waals surface area contributed by atoms with Gasteiger partial charge in [0, 0.05) is 12.3 Å². The molecular formula is C8H10N3+. The molecule has 0 saturated heterocycles. The van der Waals surface area contributed by atoms with Crippen LogP contribution in [-0.4, -0.2) is 10.1 Å². The number of aromatic nitrogens is 3. The SMILES string of the molecule is Cc1cnc2c[nH][n+](C)c2c1. The summed E-state index contributed by atoms with van der Waals surface area (Å²) in [5, 5.41) is 3.06. The molecule has 0 aliphatic heterocycles. The number of hydrogen-bond acceptors (Lipinski definition) is 1. The van der Waals surface area contributed by atoms with Crippen molar-refractivity contribution in [3.63, 3.8) is 0 Å². The summed E-state index contributed by atoms with van der Waals surface area (Å²) in [7, 11) is 1.98. The van der Waals surface area contributed by atoms with E-state index in [9.17, 15) is 0 Å². The number of aromatic amines is 1. The molecule has 2 rings (SSSR count). The summed E-state index contributed by atoms with van der Waals surface area (Å²) >= 11 is 0. The van der Waals surface area contributed by atoms with E-state index >= 15 is 0 Å². The highest BCUT2D eigenvalue weighted by Gasteiger charge is 2.06. The molecule has 3 nitrogen and oxygen atoms in total. The molecule has 0 spiro atoms. The van der Waals surface area contributed by atoms with E-state index in [1.807, 2.05) is 31.0 Å². The molecule has 0 amide bonds. The van der Waals surface area contributed by atoms with Crippen LogP contribution in [-0.2, 0) is 7.05 Å². The number of fused-ring (bicyclic) bond motifs is 1. The van der Waals surface area contributed by atoms with Crippen LogP contribution in [0.15, 0.2) is 18.5 Å². The van der Waals surface area contributed by atoms with Crippen LogP contribution in [0.3, 0.4) is 0 Å². The normalized spacial score (nSPS) is 10.7. The van der Waals surface area contributed by atoms with Crippen molar-refractivity contribution in [3.05, 3.63) is 24.0 Å². The van der Waals surface area contributed by atoms with E-state index in [1.165, 1.54) is 5.56 Å². The summed E-state index contributed by atoms with van der Waals surface area (Å²) in [5.41, 5.74) is 3.34. The van der Waals surface area contributed by atoms with Crippen molar-refractivity contribution in [2.75, 3.05) is 0 Å². The zero-order valence-corrected chi connectivity index (χ0v) is 6.63. The van der Waals surface area contributed by atoms with E-state index < -0.39 is 0 Å². The van der Waals surface area contributed by atoms with Crippen LogP contribution in [0.25, 0.3) is 11.0 Å². The number of aryl methyl sites for hydroxylation is 2. The fraction of sp³-hybridized carbons (Fsp3) is 0.250. The lowest BCUT2D eigenvalue weighted by Gasteiger charge is -1.86. The number of rotatable bonds is 0. The lowest BCUT2D eigenvalue weighted by Crippen LogP contribution is -2.29. The van der Waals surface area contributed by atoms with Gasteiger partial charge in [0.15, 0.2) is 12.6 Å². The molecule has 0 aliphatic rings. The molecule has 0 aromatic carbocycles.